The molecule has 13 nitrogen and oxygen atoms in total. The van der Waals surface area contributed by atoms with E-state index in [1.54, 1.807) is 6.92 Å². The molecule has 5 N–H and O–H groups in total. The van der Waals surface area contributed by atoms with Crippen LogP contribution in [0.15, 0.2) is 218 Å². The number of aliphatic carboxylic acids is 2. The van der Waals surface area contributed by atoms with Gasteiger partial charge in [-0.1, -0.05) is 225 Å². The van der Waals surface area contributed by atoms with Gasteiger partial charge in [0, 0.05) is 24.7 Å². The van der Waals surface area contributed by atoms with Gasteiger partial charge in [0.05, 0.1) is 12.0 Å². The standard InChI is InChI=1S/C24H21NO4.C24H21NO3.C10H12O2.C9H10O2/c26-23(27)22(14-16-8-2-1-3-9-16)25-24(28)29-15-21-19-12-6-4-10-17(19)18-11-5-7-13-20(18)21;26-15-18(14-17-8-2-1-3-9-17)25-24(27)28-16-23-21-12-6-4-10-19(21)20-11-5-7-13-22(20)23;1-8(10(11)12)7-9-5-3-2-4-6-9;10-7-9(11)6-8-4-2-1-3-5-8/h1-13,21-22H,14-15H2,(H,25,28)(H,26,27);1-13,15,18,23H,14,16H2,(H,25,27);2-6,8H,7H2,1H3,(H,11,12);1-5,7,9,11H,6H2. The summed E-state index contributed by atoms with van der Waals surface area (Å²) in [6.07, 6.45) is 0.777. The fourth-order valence-corrected chi connectivity index (χ4v) is 9.58. The summed E-state index contributed by atoms with van der Waals surface area (Å²) in [6.45, 7) is 2.10. The third-order valence-corrected chi connectivity index (χ3v) is 13.6. The lowest BCUT2D eigenvalue weighted by Crippen LogP contribution is -2.42. The lowest BCUT2D eigenvalue weighted by atomic mass is 9.98. The molecule has 408 valence electrons. The number of carbonyl (C=O) groups is 6. The number of carboxylic acids is 2. The Morgan fingerprint density at radius 1 is 0.425 bits per heavy atom. The smallest absolute Gasteiger partial charge is 0.407 e. The quantitative estimate of drug-likeness (QED) is 0.0511. The molecule has 8 aromatic rings. The number of carboxylic acid groups (broad SMARTS) is 2. The number of alkyl carbamates (subject to hydrolysis) is 2. The second-order valence-electron chi connectivity index (χ2n) is 19.3. The van der Waals surface area contributed by atoms with E-state index in [-0.39, 0.29) is 37.4 Å². The average molecular weight is 1070 g/mol. The number of nitrogens with one attached hydrogen (secondary N) is 2. The molecule has 10 rings (SSSR count). The first-order valence-corrected chi connectivity index (χ1v) is 26.3. The SMILES string of the molecule is CC(Cc1ccccc1)C(=O)O.O=C(NC(Cc1ccccc1)C(=O)O)OCC1c2ccccc2-c2ccccc21.O=CC(Cc1ccccc1)NC(=O)OCC1c2ccccc2-c2ccccc21.O=CC(O)Cc1ccccc1. The molecule has 2 amide bonds. The van der Waals surface area contributed by atoms with Gasteiger partial charge in [0.15, 0.2) is 0 Å². The van der Waals surface area contributed by atoms with Gasteiger partial charge >= 0.3 is 24.1 Å². The molecule has 4 unspecified atom stereocenters. The van der Waals surface area contributed by atoms with Crippen molar-refractivity contribution in [3.05, 3.63) is 263 Å². The van der Waals surface area contributed by atoms with Crippen molar-refractivity contribution >= 4 is 36.7 Å². The lowest BCUT2D eigenvalue weighted by Gasteiger charge is -2.17. The van der Waals surface area contributed by atoms with Gasteiger partial charge in [-0.15, -0.1) is 0 Å². The zero-order valence-corrected chi connectivity index (χ0v) is 44.3. The first-order valence-electron chi connectivity index (χ1n) is 26.3. The van der Waals surface area contributed by atoms with E-state index in [4.69, 9.17) is 19.7 Å². The minimum absolute atomic E-state index is 0.00181. The van der Waals surface area contributed by atoms with Crippen LogP contribution in [-0.2, 0) is 54.3 Å². The Morgan fingerprint density at radius 2 is 0.750 bits per heavy atom. The van der Waals surface area contributed by atoms with Gasteiger partial charge in [-0.3, -0.25) is 4.79 Å². The van der Waals surface area contributed by atoms with E-state index in [0.29, 0.717) is 25.5 Å². The minimum Gasteiger partial charge on any atom is -0.481 e. The number of hydrogen-bond donors (Lipinski definition) is 5. The van der Waals surface area contributed by atoms with Crippen LogP contribution in [0.1, 0.15) is 63.3 Å². The summed E-state index contributed by atoms with van der Waals surface area (Å²) in [6, 6.07) is 68.7. The first kappa shape index (κ1) is 58.2. The number of fused-ring (bicyclic) bond motifs is 6. The van der Waals surface area contributed by atoms with Gasteiger partial charge in [-0.2, -0.15) is 0 Å². The first-order chi connectivity index (χ1) is 38.9. The molecule has 13 heteroatoms. The zero-order valence-electron chi connectivity index (χ0n) is 44.3. The second kappa shape index (κ2) is 29.9. The van der Waals surface area contributed by atoms with Gasteiger partial charge in [-0.25, -0.2) is 14.4 Å². The topological polar surface area (TPSA) is 206 Å². The van der Waals surface area contributed by atoms with Gasteiger partial charge in [-0.05, 0) is 79.6 Å². The van der Waals surface area contributed by atoms with Crippen LogP contribution in [0.5, 0.6) is 0 Å². The molecular weight excluding hydrogens is 1010 g/mol. The Labute approximate surface area is 465 Å². The molecule has 8 aromatic carbocycles. The average Bonchev–Trinajstić information content (AvgIpc) is 4.00. The molecule has 0 radical (unpaired) electrons. The molecule has 4 atom stereocenters. The summed E-state index contributed by atoms with van der Waals surface area (Å²) in [5.74, 6) is -2.19. The Bertz CT molecular complexity index is 3190. The van der Waals surface area contributed by atoms with Crippen LogP contribution in [0.2, 0.25) is 0 Å². The van der Waals surface area contributed by atoms with Crippen molar-refractivity contribution in [1.29, 1.82) is 0 Å². The highest BCUT2D eigenvalue weighted by Gasteiger charge is 2.31. The van der Waals surface area contributed by atoms with E-state index in [1.807, 2.05) is 182 Å². The van der Waals surface area contributed by atoms with Crippen LogP contribution >= 0.6 is 0 Å². The van der Waals surface area contributed by atoms with Gasteiger partial charge in [0.1, 0.15) is 37.9 Å². The highest BCUT2D eigenvalue weighted by Crippen LogP contribution is 2.45. The largest absolute Gasteiger partial charge is 0.481 e. The summed E-state index contributed by atoms with van der Waals surface area (Å²) in [5, 5.41) is 32.2. The van der Waals surface area contributed by atoms with Crippen molar-refractivity contribution in [1.82, 2.24) is 10.6 Å². The Balaban J connectivity index is 0.000000168. The third kappa shape index (κ3) is 16.8. The minimum atomic E-state index is -1.10. The van der Waals surface area contributed by atoms with Crippen molar-refractivity contribution < 1.29 is 53.6 Å². The monoisotopic (exact) mass is 1070 g/mol. The summed E-state index contributed by atoms with van der Waals surface area (Å²) in [4.78, 5) is 68.1. The van der Waals surface area contributed by atoms with Crippen LogP contribution in [0.3, 0.4) is 0 Å². The van der Waals surface area contributed by atoms with Gasteiger partial charge in [0.25, 0.3) is 0 Å². The molecule has 2 aliphatic carbocycles. The van der Waals surface area contributed by atoms with Crippen LogP contribution in [0, 0.1) is 5.92 Å². The molecule has 0 aliphatic heterocycles. The molecule has 0 saturated carbocycles. The number of ether oxygens (including phenoxy) is 2. The lowest BCUT2D eigenvalue weighted by molar-refractivity contribution is -0.141. The number of aliphatic hydroxyl groups excluding tert-OH is 1. The summed E-state index contributed by atoms with van der Waals surface area (Å²) in [5.41, 5.74) is 13.1. The van der Waals surface area contributed by atoms with Gasteiger partial charge in [0.2, 0.25) is 0 Å². The molecule has 0 bridgehead atoms. The molecule has 0 saturated heterocycles. The van der Waals surface area contributed by atoms with Crippen LogP contribution in [0.25, 0.3) is 22.3 Å². The number of rotatable bonds is 18. The molecule has 0 aromatic heterocycles. The third-order valence-electron chi connectivity index (χ3n) is 13.6. The molecule has 0 heterocycles. The molecule has 2 aliphatic rings. The van der Waals surface area contributed by atoms with Gasteiger partial charge < -0.3 is 45.0 Å². The van der Waals surface area contributed by atoms with E-state index in [1.165, 1.54) is 11.1 Å². The molecule has 80 heavy (non-hydrogen) atoms. The van der Waals surface area contributed by atoms with E-state index in [0.717, 1.165) is 61.9 Å². The van der Waals surface area contributed by atoms with Crippen molar-refractivity contribution in [2.75, 3.05) is 13.2 Å². The Hall–Kier alpha value is -9.46. The number of hydrogen-bond acceptors (Lipinski definition) is 9. The van der Waals surface area contributed by atoms with Crippen LogP contribution in [0.4, 0.5) is 9.59 Å². The zero-order chi connectivity index (χ0) is 56.6. The maximum absolute atomic E-state index is 12.3. The number of aliphatic hydroxyl groups is 1. The Kier molecular flexibility index (Phi) is 21.8. The maximum Gasteiger partial charge on any atom is 0.407 e. The fraction of sp³-hybridized carbons (Fsp3) is 0.194. The van der Waals surface area contributed by atoms with Crippen molar-refractivity contribution in [3.63, 3.8) is 0 Å². The fourth-order valence-electron chi connectivity index (χ4n) is 9.58. The van der Waals surface area contributed by atoms with Crippen LogP contribution < -0.4 is 10.6 Å². The van der Waals surface area contributed by atoms with Crippen molar-refractivity contribution in [2.45, 2.75) is 62.6 Å². The van der Waals surface area contributed by atoms with E-state index < -0.39 is 42.3 Å². The maximum atomic E-state index is 12.3. The summed E-state index contributed by atoms with van der Waals surface area (Å²) in [7, 11) is 0. The van der Waals surface area contributed by atoms with Crippen molar-refractivity contribution in [3.8, 4) is 22.3 Å². The second-order valence-corrected chi connectivity index (χ2v) is 19.3. The summed E-state index contributed by atoms with van der Waals surface area (Å²) >= 11 is 0. The van der Waals surface area contributed by atoms with E-state index in [2.05, 4.69) is 47.0 Å². The Morgan fingerprint density at radius 3 is 1.10 bits per heavy atom. The van der Waals surface area contributed by atoms with E-state index in [9.17, 15) is 33.9 Å². The molecule has 0 spiro atoms. The highest BCUT2D eigenvalue weighted by molar-refractivity contribution is 5.82. The molecular formula is C67H64N2O11. The molecule has 0 fully saturated rings. The predicted molar refractivity (Wildman–Crippen MR) is 307 cm³/mol. The number of amides is 2. The summed E-state index contributed by atoms with van der Waals surface area (Å²) < 4.78 is 10.9. The van der Waals surface area contributed by atoms with Crippen LogP contribution in [-0.4, -0.2) is 83.4 Å². The normalized spacial score (nSPS) is 13.0. The van der Waals surface area contributed by atoms with E-state index >= 15 is 0 Å². The van der Waals surface area contributed by atoms with Crippen molar-refractivity contribution in [2.24, 2.45) is 5.92 Å². The predicted octanol–water partition coefficient (Wildman–Crippen LogP) is 11.3. The number of carbonyl (C=O) groups excluding carboxylic acids is 4. The number of aldehydes is 2. The number of benzene rings is 8. The highest BCUT2D eigenvalue weighted by atomic mass is 16.6.